The van der Waals surface area contributed by atoms with Crippen LogP contribution in [0.4, 0.5) is 0 Å². The number of phenolic OH excluding ortho intramolecular Hbond substituents is 2. The fourth-order valence-electron chi connectivity index (χ4n) is 3.48. The van der Waals surface area contributed by atoms with Gasteiger partial charge in [0.05, 0.1) is 10.5 Å². The van der Waals surface area contributed by atoms with Crippen molar-refractivity contribution in [1.29, 1.82) is 0 Å². The van der Waals surface area contributed by atoms with E-state index in [0.717, 1.165) is 11.6 Å². The van der Waals surface area contributed by atoms with Gasteiger partial charge in [-0.1, -0.05) is 12.1 Å². The molecule has 144 valence electrons. The van der Waals surface area contributed by atoms with Crippen LogP contribution in [0.3, 0.4) is 0 Å². The average molecular weight is 391 g/mol. The number of carboxylic acid groups (broad SMARTS) is 1. The third kappa shape index (κ3) is 4.40. The summed E-state index contributed by atoms with van der Waals surface area (Å²) in [5, 5.41) is 28.4. The predicted octanol–water partition coefficient (Wildman–Crippen LogP) is 2.80. The van der Waals surface area contributed by atoms with E-state index in [9.17, 15) is 23.4 Å². The quantitative estimate of drug-likeness (QED) is 0.621. The zero-order chi connectivity index (χ0) is 19.6. The summed E-state index contributed by atoms with van der Waals surface area (Å²) < 4.78 is 27.7. The van der Waals surface area contributed by atoms with Gasteiger partial charge in [0.1, 0.15) is 11.5 Å². The third-order valence-corrected chi connectivity index (χ3v) is 6.41. The van der Waals surface area contributed by atoms with E-state index in [4.69, 9.17) is 5.11 Å². The third-order valence-electron chi connectivity index (χ3n) is 4.89. The Kier molecular flexibility index (Phi) is 5.38. The molecular weight excluding hydrogens is 370 g/mol. The number of benzene rings is 2. The van der Waals surface area contributed by atoms with Crippen LogP contribution < -0.4 is 4.72 Å². The van der Waals surface area contributed by atoms with Crippen LogP contribution in [0, 0.1) is 0 Å². The summed E-state index contributed by atoms with van der Waals surface area (Å²) in [5.74, 6) is -1.03. The Morgan fingerprint density at radius 2 is 1.70 bits per heavy atom. The minimum atomic E-state index is -3.81. The molecule has 0 amide bonds. The van der Waals surface area contributed by atoms with Crippen molar-refractivity contribution < 1.29 is 28.5 Å². The molecule has 0 atom stereocenters. The Hall–Kier alpha value is -2.58. The summed E-state index contributed by atoms with van der Waals surface area (Å²) in [7, 11) is -3.81. The number of carbonyl (C=O) groups is 1. The smallest absolute Gasteiger partial charge is 0.335 e. The molecule has 1 aliphatic rings. The number of nitrogens with one attached hydrogen (secondary N) is 1. The lowest BCUT2D eigenvalue weighted by Gasteiger charge is -2.29. The van der Waals surface area contributed by atoms with E-state index in [0.29, 0.717) is 25.7 Å². The molecule has 1 aliphatic carbocycles. The van der Waals surface area contributed by atoms with E-state index in [-0.39, 0.29) is 33.9 Å². The van der Waals surface area contributed by atoms with Gasteiger partial charge in [0.25, 0.3) is 0 Å². The number of hydrogen-bond acceptors (Lipinski definition) is 5. The fraction of sp³-hybridized carbons (Fsp3) is 0.316. The molecule has 7 nitrogen and oxygen atoms in total. The first-order chi connectivity index (χ1) is 12.8. The van der Waals surface area contributed by atoms with E-state index >= 15 is 0 Å². The van der Waals surface area contributed by atoms with Crippen molar-refractivity contribution in [3.63, 3.8) is 0 Å². The molecule has 1 saturated carbocycles. The molecule has 2 aromatic rings. The number of aromatic hydroxyl groups is 2. The molecule has 1 fully saturated rings. The second-order valence-corrected chi connectivity index (χ2v) is 8.46. The van der Waals surface area contributed by atoms with Crippen LogP contribution in [0.25, 0.3) is 0 Å². The number of hydrogen-bond donors (Lipinski definition) is 4. The second kappa shape index (κ2) is 7.58. The molecule has 0 heterocycles. The van der Waals surface area contributed by atoms with Crippen LogP contribution >= 0.6 is 0 Å². The summed E-state index contributed by atoms with van der Waals surface area (Å²) in [4.78, 5) is 11.0. The first-order valence-electron chi connectivity index (χ1n) is 8.64. The van der Waals surface area contributed by atoms with Gasteiger partial charge in [-0.25, -0.2) is 17.9 Å². The van der Waals surface area contributed by atoms with Gasteiger partial charge < -0.3 is 15.3 Å². The van der Waals surface area contributed by atoms with Crippen LogP contribution in [-0.2, 0) is 10.0 Å². The minimum absolute atomic E-state index is 0.00119. The van der Waals surface area contributed by atoms with E-state index in [1.54, 1.807) is 6.07 Å². The summed E-state index contributed by atoms with van der Waals surface area (Å²) in [6, 6.07) is 9.54. The molecular formula is C19H21NO6S. The molecule has 0 aromatic heterocycles. The Labute approximate surface area is 157 Å². The summed E-state index contributed by atoms with van der Waals surface area (Å²) in [6.45, 7) is 0. The maximum atomic E-state index is 12.5. The van der Waals surface area contributed by atoms with Gasteiger partial charge in [-0.05, 0) is 61.4 Å². The van der Waals surface area contributed by atoms with Crippen molar-refractivity contribution in [1.82, 2.24) is 4.72 Å². The molecule has 27 heavy (non-hydrogen) atoms. The number of sulfonamides is 1. The van der Waals surface area contributed by atoms with Gasteiger partial charge in [0, 0.05) is 12.1 Å². The van der Waals surface area contributed by atoms with Crippen LogP contribution in [0.15, 0.2) is 47.4 Å². The van der Waals surface area contributed by atoms with E-state index < -0.39 is 16.0 Å². The van der Waals surface area contributed by atoms with Crippen molar-refractivity contribution in [2.75, 3.05) is 0 Å². The lowest BCUT2D eigenvalue weighted by Crippen LogP contribution is -2.37. The highest BCUT2D eigenvalue weighted by Gasteiger charge is 2.28. The van der Waals surface area contributed by atoms with Crippen molar-refractivity contribution >= 4 is 16.0 Å². The van der Waals surface area contributed by atoms with E-state index in [1.165, 1.54) is 30.3 Å². The van der Waals surface area contributed by atoms with Gasteiger partial charge in [0.2, 0.25) is 10.0 Å². The highest BCUT2D eigenvalue weighted by Crippen LogP contribution is 2.38. The fourth-order valence-corrected chi connectivity index (χ4v) is 4.83. The van der Waals surface area contributed by atoms with Crippen molar-refractivity contribution in [2.24, 2.45) is 0 Å². The average Bonchev–Trinajstić information content (AvgIpc) is 2.62. The van der Waals surface area contributed by atoms with E-state index in [1.807, 2.05) is 0 Å². The largest absolute Gasteiger partial charge is 0.508 e. The van der Waals surface area contributed by atoms with Gasteiger partial charge >= 0.3 is 5.97 Å². The topological polar surface area (TPSA) is 124 Å². The Morgan fingerprint density at radius 3 is 2.33 bits per heavy atom. The molecule has 3 rings (SSSR count). The molecule has 2 aromatic carbocycles. The highest BCUT2D eigenvalue weighted by atomic mass is 32.2. The van der Waals surface area contributed by atoms with Gasteiger partial charge in [-0.3, -0.25) is 0 Å². The molecule has 0 bridgehead atoms. The van der Waals surface area contributed by atoms with Crippen LogP contribution in [0.1, 0.15) is 47.5 Å². The highest BCUT2D eigenvalue weighted by molar-refractivity contribution is 7.89. The van der Waals surface area contributed by atoms with Gasteiger partial charge in [-0.2, -0.15) is 0 Å². The zero-order valence-corrected chi connectivity index (χ0v) is 15.3. The first kappa shape index (κ1) is 19.2. The van der Waals surface area contributed by atoms with Crippen molar-refractivity contribution in [3.05, 3.63) is 53.6 Å². The molecule has 0 saturated heterocycles. The standard InChI is InChI=1S/C19H21NO6S/c21-15-8-9-17(18(22)11-15)12-4-6-14(7-5-12)20-27(25,26)16-3-1-2-13(10-16)19(23)24/h1-3,8-12,14,20-22H,4-7H2,(H,23,24). The Bertz CT molecular complexity index is 948. The molecule has 0 unspecified atom stereocenters. The van der Waals surface area contributed by atoms with Crippen LogP contribution in [0.5, 0.6) is 11.5 Å². The molecule has 8 heteroatoms. The van der Waals surface area contributed by atoms with Crippen LogP contribution in [0.2, 0.25) is 0 Å². The normalized spacial score (nSPS) is 20.3. The summed E-state index contributed by atoms with van der Waals surface area (Å²) in [5.41, 5.74) is 0.674. The van der Waals surface area contributed by atoms with Crippen LogP contribution in [-0.4, -0.2) is 35.7 Å². The molecule has 4 N–H and O–H groups in total. The SMILES string of the molecule is O=C(O)c1cccc(S(=O)(=O)NC2CCC(c3ccc(O)cc3O)CC2)c1. The maximum absolute atomic E-state index is 12.5. The lowest BCUT2D eigenvalue weighted by atomic mass is 9.81. The van der Waals surface area contributed by atoms with Gasteiger partial charge in [0.15, 0.2) is 0 Å². The maximum Gasteiger partial charge on any atom is 0.335 e. The number of aromatic carboxylic acids is 1. The number of rotatable bonds is 5. The Morgan fingerprint density at radius 1 is 1.00 bits per heavy atom. The predicted molar refractivity (Wildman–Crippen MR) is 98.5 cm³/mol. The molecule has 0 spiro atoms. The van der Waals surface area contributed by atoms with Crippen molar-refractivity contribution in [3.8, 4) is 11.5 Å². The minimum Gasteiger partial charge on any atom is -0.508 e. The van der Waals surface area contributed by atoms with Crippen molar-refractivity contribution in [2.45, 2.75) is 42.5 Å². The van der Waals surface area contributed by atoms with Gasteiger partial charge in [-0.15, -0.1) is 0 Å². The molecule has 0 aliphatic heterocycles. The molecule has 0 radical (unpaired) electrons. The van der Waals surface area contributed by atoms with E-state index in [2.05, 4.69) is 4.72 Å². The second-order valence-electron chi connectivity index (χ2n) is 6.75. The Balaban J connectivity index is 1.66. The number of phenols is 2. The summed E-state index contributed by atoms with van der Waals surface area (Å²) >= 11 is 0. The monoisotopic (exact) mass is 391 g/mol. The summed E-state index contributed by atoms with van der Waals surface area (Å²) in [6.07, 6.45) is 2.59. The number of carboxylic acids is 1. The zero-order valence-electron chi connectivity index (χ0n) is 14.5. The lowest BCUT2D eigenvalue weighted by molar-refractivity contribution is 0.0696. The first-order valence-corrected chi connectivity index (χ1v) is 10.1.